The lowest BCUT2D eigenvalue weighted by Gasteiger charge is -1.91. The molecule has 61 valence electrons. The summed E-state index contributed by atoms with van der Waals surface area (Å²) < 4.78 is 0. The Balaban J connectivity index is 2.67. The summed E-state index contributed by atoms with van der Waals surface area (Å²) in [6.07, 6.45) is 0.786. The Labute approximate surface area is 71.4 Å². The van der Waals surface area contributed by atoms with E-state index < -0.39 is 0 Å². The first-order valence-corrected chi connectivity index (χ1v) is 3.96. The number of aromatic nitrogens is 1. The van der Waals surface area contributed by atoms with Crippen LogP contribution in [0.1, 0.15) is 5.69 Å². The molecule has 0 amide bonds. The summed E-state index contributed by atoms with van der Waals surface area (Å²) in [5, 5.41) is 1.20. The minimum atomic E-state index is 0.786. The third-order valence-electron chi connectivity index (χ3n) is 1.97. The molecule has 0 unspecified atom stereocenters. The minimum Gasteiger partial charge on any atom is -0.399 e. The molecule has 2 aromatic rings. The van der Waals surface area contributed by atoms with E-state index in [-0.39, 0.29) is 0 Å². The third kappa shape index (κ3) is 1.05. The Morgan fingerprint density at radius 3 is 2.92 bits per heavy atom. The maximum absolute atomic E-state index is 5.64. The van der Waals surface area contributed by atoms with Crippen molar-refractivity contribution in [3.8, 4) is 0 Å². The third-order valence-corrected chi connectivity index (χ3v) is 1.97. The molecule has 0 aliphatic rings. The number of nitrogens with two attached hydrogens (primary N) is 1. The van der Waals surface area contributed by atoms with E-state index in [1.165, 1.54) is 5.39 Å². The van der Waals surface area contributed by atoms with Crippen LogP contribution in [0.5, 0.6) is 0 Å². The monoisotopic (exact) mass is 159 g/mol. The van der Waals surface area contributed by atoms with Crippen molar-refractivity contribution in [3.63, 3.8) is 0 Å². The Hall–Kier alpha value is -1.44. The highest BCUT2D eigenvalue weighted by Crippen LogP contribution is 2.18. The van der Waals surface area contributed by atoms with Crippen molar-refractivity contribution in [1.82, 2.24) is 4.98 Å². The molecule has 1 aromatic carbocycles. The van der Waals surface area contributed by atoms with Gasteiger partial charge in [0.2, 0.25) is 0 Å². The van der Waals surface area contributed by atoms with Crippen LogP contribution in [-0.4, -0.2) is 4.98 Å². The average Bonchev–Trinajstić information content (AvgIpc) is 2.46. The molecular weight excluding hydrogens is 148 g/mol. The first kappa shape index (κ1) is 7.22. The predicted octanol–water partition coefficient (Wildman–Crippen LogP) is 2.13. The zero-order valence-electron chi connectivity index (χ0n) is 6.80. The van der Waals surface area contributed by atoms with Crippen LogP contribution < -0.4 is 5.73 Å². The summed E-state index contributed by atoms with van der Waals surface area (Å²) in [6.45, 7) is 3.81. The molecule has 2 rings (SSSR count). The second-order valence-corrected chi connectivity index (χ2v) is 2.89. The molecule has 0 saturated heterocycles. The molecule has 12 heavy (non-hydrogen) atoms. The average molecular weight is 159 g/mol. The lowest BCUT2D eigenvalue weighted by molar-refractivity contribution is 1.17. The Morgan fingerprint density at radius 1 is 1.33 bits per heavy atom. The van der Waals surface area contributed by atoms with Gasteiger partial charge in [0.05, 0.1) is 0 Å². The Kier molecular flexibility index (Phi) is 1.54. The van der Waals surface area contributed by atoms with Crippen molar-refractivity contribution >= 4 is 16.6 Å². The number of nitrogen functional groups attached to an aromatic ring is 1. The largest absolute Gasteiger partial charge is 0.399 e. The van der Waals surface area contributed by atoms with E-state index in [4.69, 9.17) is 5.73 Å². The number of H-pyrrole nitrogens is 1. The number of aromatic amines is 1. The maximum Gasteiger partial charge on any atom is 0.0476 e. The number of hydrogen-bond donors (Lipinski definition) is 2. The number of hydrogen-bond acceptors (Lipinski definition) is 1. The highest BCUT2D eigenvalue weighted by molar-refractivity contribution is 5.83. The van der Waals surface area contributed by atoms with Crippen molar-refractivity contribution < 1.29 is 0 Å². The zero-order valence-corrected chi connectivity index (χ0v) is 6.80. The van der Waals surface area contributed by atoms with Gasteiger partial charge in [0.25, 0.3) is 0 Å². The lowest BCUT2D eigenvalue weighted by atomic mass is 10.2. The quantitative estimate of drug-likeness (QED) is 0.615. The van der Waals surface area contributed by atoms with Crippen LogP contribution in [0.4, 0.5) is 5.69 Å². The Morgan fingerprint density at radius 2 is 2.17 bits per heavy atom. The van der Waals surface area contributed by atoms with E-state index in [1.54, 1.807) is 0 Å². The standard InChI is InChI=1S/C10H11N2/c1-2-9-5-7-3-4-8(11)6-10(7)12-9/h3-6,12H,1-2,11H2. The van der Waals surface area contributed by atoms with Crippen molar-refractivity contribution in [2.45, 2.75) is 6.42 Å². The molecule has 0 bridgehead atoms. The van der Waals surface area contributed by atoms with Crippen LogP contribution in [0, 0.1) is 6.92 Å². The summed E-state index contributed by atoms with van der Waals surface area (Å²) in [7, 11) is 0. The van der Waals surface area contributed by atoms with Gasteiger partial charge in [0, 0.05) is 16.9 Å². The second-order valence-electron chi connectivity index (χ2n) is 2.89. The van der Waals surface area contributed by atoms with Crippen molar-refractivity contribution in [3.05, 3.63) is 36.9 Å². The van der Waals surface area contributed by atoms with Gasteiger partial charge in [0.15, 0.2) is 0 Å². The molecule has 0 aliphatic heterocycles. The summed E-state index contributed by atoms with van der Waals surface area (Å²) >= 11 is 0. The van der Waals surface area contributed by atoms with Crippen LogP contribution >= 0.6 is 0 Å². The summed E-state index contributed by atoms with van der Waals surface area (Å²) in [6, 6.07) is 7.96. The number of benzene rings is 1. The summed E-state index contributed by atoms with van der Waals surface area (Å²) in [5.41, 5.74) is 8.67. The van der Waals surface area contributed by atoms with E-state index in [1.807, 2.05) is 18.2 Å². The van der Waals surface area contributed by atoms with Gasteiger partial charge in [-0.15, -0.1) is 0 Å². The normalized spacial score (nSPS) is 10.8. The van der Waals surface area contributed by atoms with Crippen molar-refractivity contribution in [2.75, 3.05) is 5.73 Å². The van der Waals surface area contributed by atoms with Crippen molar-refractivity contribution in [1.29, 1.82) is 0 Å². The van der Waals surface area contributed by atoms with E-state index in [2.05, 4.69) is 18.0 Å². The fraction of sp³-hybridized carbons (Fsp3) is 0.100. The van der Waals surface area contributed by atoms with Gasteiger partial charge in [-0.3, -0.25) is 0 Å². The summed E-state index contributed by atoms with van der Waals surface area (Å²) in [4.78, 5) is 3.24. The molecule has 0 atom stereocenters. The van der Waals surface area contributed by atoms with Crippen molar-refractivity contribution in [2.24, 2.45) is 0 Å². The minimum absolute atomic E-state index is 0.786. The van der Waals surface area contributed by atoms with Crippen LogP contribution in [0.2, 0.25) is 0 Å². The zero-order chi connectivity index (χ0) is 8.55. The Bertz CT molecular complexity index is 401. The van der Waals surface area contributed by atoms with Gasteiger partial charge in [0.1, 0.15) is 0 Å². The fourth-order valence-corrected chi connectivity index (χ4v) is 1.34. The molecular formula is C10H11N2. The number of rotatable bonds is 1. The maximum atomic E-state index is 5.64. The number of nitrogens with one attached hydrogen (secondary N) is 1. The molecule has 2 nitrogen and oxygen atoms in total. The second kappa shape index (κ2) is 2.55. The molecule has 1 radical (unpaired) electrons. The first-order valence-electron chi connectivity index (χ1n) is 3.96. The summed E-state index contributed by atoms with van der Waals surface area (Å²) in [5.74, 6) is 0. The van der Waals surface area contributed by atoms with Crippen LogP contribution in [-0.2, 0) is 6.42 Å². The highest BCUT2D eigenvalue weighted by atomic mass is 14.7. The van der Waals surface area contributed by atoms with Gasteiger partial charge in [-0.2, -0.15) is 0 Å². The SMILES string of the molecule is [CH2]Cc1cc2ccc(N)cc2[nH]1. The van der Waals surface area contributed by atoms with E-state index in [9.17, 15) is 0 Å². The van der Waals surface area contributed by atoms with Crippen LogP contribution in [0.3, 0.4) is 0 Å². The molecule has 0 saturated carbocycles. The van der Waals surface area contributed by atoms with Gasteiger partial charge in [-0.1, -0.05) is 6.07 Å². The lowest BCUT2D eigenvalue weighted by Crippen LogP contribution is -1.82. The topological polar surface area (TPSA) is 41.8 Å². The smallest absolute Gasteiger partial charge is 0.0476 e. The molecule has 1 heterocycles. The highest BCUT2D eigenvalue weighted by Gasteiger charge is 1.97. The predicted molar refractivity (Wildman–Crippen MR) is 51.8 cm³/mol. The fourth-order valence-electron chi connectivity index (χ4n) is 1.34. The van der Waals surface area contributed by atoms with E-state index in [0.29, 0.717) is 0 Å². The van der Waals surface area contributed by atoms with Gasteiger partial charge in [-0.25, -0.2) is 0 Å². The molecule has 0 aliphatic carbocycles. The van der Waals surface area contributed by atoms with E-state index in [0.717, 1.165) is 23.3 Å². The first-order chi connectivity index (χ1) is 5.79. The van der Waals surface area contributed by atoms with E-state index >= 15 is 0 Å². The van der Waals surface area contributed by atoms with Crippen LogP contribution in [0.15, 0.2) is 24.3 Å². The molecule has 2 heteroatoms. The molecule has 0 fully saturated rings. The number of anilines is 1. The molecule has 0 spiro atoms. The molecule has 1 aromatic heterocycles. The van der Waals surface area contributed by atoms with Gasteiger partial charge < -0.3 is 10.7 Å². The van der Waals surface area contributed by atoms with Crippen LogP contribution in [0.25, 0.3) is 10.9 Å². The van der Waals surface area contributed by atoms with Gasteiger partial charge in [-0.05, 0) is 36.9 Å². The van der Waals surface area contributed by atoms with Gasteiger partial charge >= 0.3 is 0 Å². The molecule has 3 N–H and O–H groups in total. The number of fused-ring (bicyclic) bond motifs is 1.